The highest BCUT2D eigenvalue weighted by atomic mass is 16.5. The highest BCUT2D eigenvalue weighted by Gasteiger charge is 2.07. The lowest BCUT2D eigenvalue weighted by Gasteiger charge is -2.13. The van der Waals surface area contributed by atoms with Crippen molar-refractivity contribution in [1.82, 2.24) is 4.98 Å². The summed E-state index contributed by atoms with van der Waals surface area (Å²) in [5.74, 6) is 0.483. The first-order valence-corrected chi connectivity index (χ1v) is 8.78. The van der Waals surface area contributed by atoms with Crippen LogP contribution in [-0.4, -0.2) is 31.7 Å². The van der Waals surface area contributed by atoms with Crippen LogP contribution in [0.4, 0.5) is 17.1 Å². The van der Waals surface area contributed by atoms with Gasteiger partial charge in [0, 0.05) is 43.3 Å². The van der Waals surface area contributed by atoms with Crippen molar-refractivity contribution in [2.75, 3.05) is 24.3 Å². The van der Waals surface area contributed by atoms with Gasteiger partial charge in [-0.05, 0) is 48.7 Å². The Labute approximate surface area is 164 Å². The first-order chi connectivity index (χ1) is 13.6. The fraction of sp³-hybridized carbons (Fsp3) is 0.136. The molecule has 6 nitrogen and oxygen atoms in total. The molecule has 0 radical (unpaired) electrons. The predicted molar refractivity (Wildman–Crippen MR) is 113 cm³/mol. The van der Waals surface area contributed by atoms with E-state index in [2.05, 4.69) is 22.0 Å². The summed E-state index contributed by atoms with van der Waals surface area (Å²) < 4.78 is 5.77. The van der Waals surface area contributed by atoms with Gasteiger partial charge in [0.15, 0.2) is 0 Å². The van der Waals surface area contributed by atoms with Gasteiger partial charge in [-0.2, -0.15) is 0 Å². The van der Waals surface area contributed by atoms with Crippen molar-refractivity contribution in [2.45, 2.75) is 6.61 Å². The number of carbonyl (C=O) groups is 1. The zero-order valence-electron chi connectivity index (χ0n) is 15.9. The molecule has 0 fully saturated rings. The number of nitrogens with one attached hydrogen (secondary N) is 1. The maximum atomic E-state index is 12.4. The van der Waals surface area contributed by atoms with E-state index in [1.54, 1.807) is 18.5 Å². The molecule has 6 heteroatoms. The topological polar surface area (TPSA) is 66.8 Å². The van der Waals surface area contributed by atoms with Crippen molar-refractivity contribution >= 4 is 29.7 Å². The maximum Gasteiger partial charge on any atom is 0.255 e. The molecule has 0 aliphatic carbocycles. The minimum atomic E-state index is -0.146. The molecular weight excluding hydrogens is 352 g/mol. The summed E-state index contributed by atoms with van der Waals surface area (Å²) in [5, 5.41) is 2.90. The summed E-state index contributed by atoms with van der Waals surface area (Å²) >= 11 is 0. The SMILES string of the molecule is C=Nc1cnccc1OCc1ccc(NC(=O)c2ccc(N(C)C)cc2)cc1. The molecule has 0 atom stereocenters. The second-order valence-electron chi connectivity index (χ2n) is 6.38. The molecular formula is C22H22N4O2. The molecule has 1 heterocycles. The summed E-state index contributed by atoms with van der Waals surface area (Å²) in [6.07, 6.45) is 3.25. The molecule has 0 aliphatic rings. The summed E-state index contributed by atoms with van der Waals surface area (Å²) in [5.41, 5.74) is 3.96. The van der Waals surface area contributed by atoms with Gasteiger partial charge in [-0.1, -0.05) is 12.1 Å². The Balaban J connectivity index is 1.59. The van der Waals surface area contributed by atoms with Crippen molar-refractivity contribution in [3.05, 3.63) is 78.1 Å². The molecule has 1 aromatic heterocycles. The number of amides is 1. The summed E-state index contributed by atoms with van der Waals surface area (Å²) in [6.45, 7) is 3.89. The lowest BCUT2D eigenvalue weighted by molar-refractivity contribution is 0.102. The van der Waals surface area contributed by atoms with Crippen molar-refractivity contribution in [2.24, 2.45) is 4.99 Å². The van der Waals surface area contributed by atoms with Crippen LogP contribution in [-0.2, 0) is 6.61 Å². The van der Waals surface area contributed by atoms with E-state index in [0.29, 0.717) is 23.6 Å². The van der Waals surface area contributed by atoms with Crippen LogP contribution in [0.25, 0.3) is 0 Å². The largest absolute Gasteiger partial charge is 0.487 e. The summed E-state index contributed by atoms with van der Waals surface area (Å²) in [6, 6.07) is 16.7. The molecule has 0 saturated carbocycles. The van der Waals surface area contributed by atoms with Crippen LogP contribution >= 0.6 is 0 Å². The van der Waals surface area contributed by atoms with Crippen molar-refractivity contribution < 1.29 is 9.53 Å². The van der Waals surface area contributed by atoms with Crippen LogP contribution < -0.4 is 15.0 Å². The van der Waals surface area contributed by atoms with Gasteiger partial charge >= 0.3 is 0 Å². The maximum absolute atomic E-state index is 12.4. The molecule has 3 rings (SSSR count). The number of benzene rings is 2. The van der Waals surface area contributed by atoms with E-state index in [9.17, 15) is 4.79 Å². The number of anilines is 2. The molecule has 1 amide bonds. The van der Waals surface area contributed by atoms with E-state index in [0.717, 1.165) is 16.9 Å². The number of rotatable bonds is 7. The van der Waals surface area contributed by atoms with E-state index in [4.69, 9.17) is 4.74 Å². The highest BCUT2D eigenvalue weighted by molar-refractivity contribution is 6.04. The van der Waals surface area contributed by atoms with E-state index in [-0.39, 0.29) is 5.91 Å². The van der Waals surface area contributed by atoms with E-state index in [1.807, 2.05) is 67.5 Å². The number of carbonyl (C=O) groups excluding carboxylic acids is 1. The Morgan fingerprint density at radius 2 is 1.82 bits per heavy atom. The third-order valence-corrected chi connectivity index (χ3v) is 4.18. The van der Waals surface area contributed by atoms with Crippen molar-refractivity contribution in [3.8, 4) is 5.75 Å². The second kappa shape index (κ2) is 8.81. The lowest BCUT2D eigenvalue weighted by atomic mass is 10.1. The standard InChI is InChI=1S/C22H22N4O2/c1-23-20-14-24-13-12-21(20)28-15-16-4-8-18(9-5-16)25-22(27)17-6-10-19(11-7-17)26(2)3/h4-14H,1,15H2,2-3H3,(H,25,27). The van der Waals surface area contributed by atoms with Gasteiger partial charge in [-0.25, -0.2) is 0 Å². The van der Waals surface area contributed by atoms with Crippen molar-refractivity contribution in [1.29, 1.82) is 0 Å². The lowest BCUT2D eigenvalue weighted by Crippen LogP contribution is -2.13. The minimum absolute atomic E-state index is 0.146. The number of pyridine rings is 1. The van der Waals surface area contributed by atoms with E-state index >= 15 is 0 Å². The van der Waals surface area contributed by atoms with Gasteiger partial charge in [-0.15, -0.1) is 0 Å². The smallest absolute Gasteiger partial charge is 0.255 e. The Bertz CT molecular complexity index is 951. The molecule has 3 aromatic rings. The molecule has 28 heavy (non-hydrogen) atoms. The first-order valence-electron chi connectivity index (χ1n) is 8.78. The number of aromatic nitrogens is 1. The van der Waals surface area contributed by atoms with Gasteiger partial charge in [0.05, 0.1) is 6.20 Å². The first kappa shape index (κ1) is 19.1. The van der Waals surface area contributed by atoms with Crippen LogP contribution in [0.1, 0.15) is 15.9 Å². The summed E-state index contributed by atoms with van der Waals surface area (Å²) in [7, 11) is 3.92. The number of hydrogen-bond donors (Lipinski definition) is 1. The number of hydrogen-bond acceptors (Lipinski definition) is 5. The van der Waals surface area contributed by atoms with Crippen LogP contribution in [0.15, 0.2) is 72.0 Å². The van der Waals surface area contributed by atoms with Crippen molar-refractivity contribution in [3.63, 3.8) is 0 Å². The molecule has 1 N–H and O–H groups in total. The van der Waals surface area contributed by atoms with Gasteiger partial charge < -0.3 is 15.0 Å². The van der Waals surface area contributed by atoms with Gasteiger partial charge in [0.1, 0.15) is 18.0 Å². The molecule has 142 valence electrons. The third kappa shape index (κ3) is 4.73. The monoisotopic (exact) mass is 374 g/mol. The predicted octanol–water partition coefficient (Wildman–Crippen LogP) is 4.31. The van der Waals surface area contributed by atoms with E-state index in [1.165, 1.54) is 0 Å². The van der Waals surface area contributed by atoms with Gasteiger partial charge in [-0.3, -0.25) is 14.8 Å². The van der Waals surface area contributed by atoms with Crippen LogP contribution in [0, 0.1) is 0 Å². The molecule has 0 saturated heterocycles. The Morgan fingerprint density at radius 3 is 2.46 bits per heavy atom. The molecule has 0 aliphatic heterocycles. The van der Waals surface area contributed by atoms with Gasteiger partial charge in [0.25, 0.3) is 5.91 Å². The number of aliphatic imine (C=N–C) groups is 1. The van der Waals surface area contributed by atoms with Crippen LogP contribution in [0.2, 0.25) is 0 Å². The fourth-order valence-electron chi connectivity index (χ4n) is 2.57. The average molecular weight is 374 g/mol. The van der Waals surface area contributed by atoms with Crippen LogP contribution in [0.5, 0.6) is 5.75 Å². The Hall–Kier alpha value is -3.67. The van der Waals surface area contributed by atoms with Crippen LogP contribution in [0.3, 0.4) is 0 Å². The quantitative estimate of drug-likeness (QED) is 0.626. The summed E-state index contributed by atoms with van der Waals surface area (Å²) in [4.78, 5) is 22.3. The number of nitrogens with zero attached hydrogens (tertiary/aromatic N) is 3. The highest BCUT2D eigenvalue weighted by Crippen LogP contribution is 2.26. The normalized spacial score (nSPS) is 10.2. The fourth-order valence-corrected chi connectivity index (χ4v) is 2.57. The molecule has 0 unspecified atom stereocenters. The zero-order chi connectivity index (χ0) is 19.9. The number of ether oxygens (including phenoxy) is 1. The Kier molecular flexibility index (Phi) is 6.01. The molecule has 2 aromatic carbocycles. The zero-order valence-corrected chi connectivity index (χ0v) is 15.9. The minimum Gasteiger partial charge on any atom is -0.487 e. The second-order valence-corrected chi connectivity index (χ2v) is 6.38. The Morgan fingerprint density at radius 1 is 1.11 bits per heavy atom. The third-order valence-electron chi connectivity index (χ3n) is 4.18. The van der Waals surface area contributed by atoms with E-state index < -0.39 is 0 Å². The average Bonchev–Trinajstić information content (AvgIpc) is 2.73. The molecule has 0 spiro atoms. The molecule has 0 bridgehead atoms. The van der Waals surface area contributed by atoms with Gasteiger partial charge in [0.2, 0.25) is 0 Å².